The summed E-state index contributed by atoms with van der Waals surface area (Å²) in [5, 5.41) is 19.8. The maximum Gasteiger partial charge on any atom is 0.471 e. The molecule has 3 N–H and O–H groups in total. The maximum atomic E-state index is 12.1. The molecule has 0 radical (unpaired) electrons. The minimum absolute atomic E-state index is 0.134. The van der Waals surface area contributed by atoms with E-state index >= 15 is 0 Å². The zero-order valence-corrected chi connectivity index (χ0v) is 13.2. The van der Waals surface area contributed by atoms with Crippen molar-refractivity contribution in [2.24, 2.45) is 0 Å². The molecule has 5 nitrogen and oxygen atoms in total. The van der Waals surface area contributed by atoms with Crippen molar-refractivity contribution in [3.8, 4) is 5.75 Å². The summed E-state index contributed by atoms with van der Waals surface area (Å²) in [4.78, 5) is 21.7. The van der Waals surface area contributed by atoms with Crippen LogP contribution in [0.5, 0.6) is 5.75 Å². The summed E-state index contributed by atoms with van der Waals surface area (Å²) >= 11 is 6.02. The predicted octanol–water partition coefficient (Wildman–Crippen LogP) is 2.59. The number of rotatable bonds is 4. The zero-order valence-electron chi connectivity index (χ0n) is 10.0. The number of aromatic hydroxyl groups is 1. The molecule has 1 atom stereocenters. The van der Waals surface area contributed by atoms with Crippen LogP contribution in [-0.4, -0.2) is 34.3 Å². The van der Waals surface area contributed by atoms with Crippen LogP contribution in [0, 0.1) is 0 Å². The van der Waals surface area contributed by atoms with Gasteiger partial charge in [-0.05, 0) is 49.6 Å². The molecule has 1 aromatic carbocycles. The summed E-state index contributed by atoms with van der Waals surface area (Å²) in [5.74, 6) is -4.07. The minimum Gasteiger partial charge on any atom is -0.506 e. The predicted molar refractivity (Wildman–Crippen MR) is 72.8 cm³/mol. The lowest BCUT2D eigenvalue weighted by Gasteiger charge is -2.16. The third-order valence-corrected chi connectivity index (χ3v) is 3.59. The molecule has 0 unspecified atom stereocenters. The maximum absolute atomic E-state index is 12.1. The van der Waals surface area contributed by atoms with Gasteiger partial charge in [0.1, 0.15) is 11.8 Å². The number of phenols is 1. The van der Waals surface area contributed by atoms with Gasteiger partial charge < -0.3 is 15.5 Å². The number of carboxylic acid groups (broad SMARTS) is 1. The number of halogens is 5. The first-order valence-electron chi connectivity index (χ1n) is 5.29. The molecule has 10 heteroatoms. The van der Waals surface area contributed by atoms with E-state index in [1.165, 1.54) is 17.4 Å². The summed E-state index contributed by atoms with van der Waals surface area (Å²) in [6, 6.07) is 0.938. The molecule has 1 rings (SSSR count). The number of phenolic OH excluding ortho intramolecular Hbond substituents is 1. The van der Waals surface area contributed by atoms with Crippen LogP contribution in [0.4, 0.5) is 13.2 Å². The van der Waals surface area contributed by atoms with Crippen molar-refractivity contribution in [1.29, 1.82) is 0 Å². The first-order chi connectivity index (χ1) is 9.52. The van der Waals surface area contributed by atoms with Gasteiger partial charge in [0.05, 0.1) is 8.95 Å². The van der Waals surface area contributed by atoms with Crippen molar-refractivity contribution in [3.05, 3.63) is 26.6 Å². The van der Waals surface area contributed by atoms with Gasteiger partial charge in [-0.25, -0.2) is 4.79 Å². The Balaban J connectivity index is 2.95. The molecule has 0 saturated carbocycles. The molecule has 0 fully saturated rings. The van der Waals surface area contributed by atoms with E-state index < -0.39 is 24.1 Å². The summed E-state index contributed by atoms with van der Waals surface area (Å²) < 4.78 is 36.9. The Bertz CT molecular complexity index is 554. The number of nitrogens with one attached hydrogen (secondary N) is 1. The number of carbonyl (C=O) groups is 2. The number of carboxylic acids is 1. The molecule has 116 valence electrons. The summed E-state index contributed by atoms with van der Waals surface area (Å²) in [6.45, 7) is 0. The Hall–Kier alpha value is -1.29. The largest absolute Gasteiger partial charge is 0.506 e. The Kier molecular flexibility index (Phi) is 5.62. The highest BCUT2D eigenvalue weighted by Crippen LogP contribution is 2.33. The SMILES string of the molecule is O=C(O)[C@H](Cc1cc(Br)c(O)c(Br)c1)NC(=O)C(F)(F)F. The highest BCUT2D eigenvalue weighted by Gasteiger charge is 2.40. The zero-order chi connectivity index (χ0) is 16.4. The van der Waals surface area contributed by atoms with Crippen LogP contribution in [0.1, 0.15) is 5.56 Å². The van der Waals surface area contributed by atoms with Crippen LogP contribution in [0.15, 0.2) is 21.1 Å². The van der Waals surface area contributed by atoms with Crippen LogP contribution >= 0.6 is 31.9 Å². The van der Waals surface area contributed by atoms with Crippen LogP contribution in [0.25, 0.3) is 0 Å². The number of alkyl halides is 3. The van der Waals surface area contributed by atoms with Crippen molar-refractivity contribution in [1.82, 2.24) is 5.32 Å². The highest BCUT2D eigenvalue weighted by atomic mass is 79.9. The summed E-state index contributed by atoms with van der Waals surface area (Å²) in [7, 11) is 0. The lowest BCUT2D eigenvalue weighted by Crippen LogP contribution is -2.47. The second-order valence-electron chi connectivity index (χ2n) is 3.97. The number of benzene rings is 1. The van der Waals surface area contributed by atoms with Gasteiger partial charge in [-0.15, -0.1) is 0 Å². The second-order valence-corrected chi connectivity index (χ2v) is 5.68. The van der Waals surface area contributed by atoms with Crippen molar-refractivity contribution in [3.63, 3.8) is 0 Å². The van der Waals surface area contributed by atoms with Crippen molar-refractivity contribution < 1.29 is 33.0 Å². The van der Waals surface area contributed by atoms with E-state index in [1.54, 1.807) is 0 Å². The molecule has 21 heavy (non-hydrogen) atoms. The number of carbonyl (C=O) groups excluding carboxylic acids is 1. The van der Waals surface area contributed by atoms with Crippen molar-refractivity contribution in [2.75, 3.05) is 0 Å². The Morgan fingerprint density at radius 2 is 1.71 bits per heavy atom. The van der Waals surface area contributed by atoms with Gasteiger partial charge in [0.25, 0.3) is 0 Å². The fourth-order valence-corrected chi connectivity index (χ4v) is 2.69. The van der Waals surface area contributed by atoms with Gasteiger partial charge in [-0.1, -0.05) is 0 Å². The molecule has 0 aromatic heterocycles. The van der Waals surface area contributed by atoms with E-state index in [1.807, 2.05) is 0 Å². The summed E-state index contributed by atoms with van der Waals surface area (Å²) in [5.41, 5.74) is 0.307. The van der Waals surface area contributed by atoms with Gasteiger partial charge in [0.15, 0.2) is 0 Å². The minimum atomic E-state index is -5.16. The van der Waals surface area contributed by atoms with Crippen LogP contribution in [0.3, 0.4) is 0 Å². The molecule has 1 aromatic rings. The van der Waals surface area contributed by atoms with E-state index in [0.29, 0.717) is 5.56 Å². The van der Waals surface area contributed by atoms with E-state index in [9.17, 15) is 27.9 Å². The first kappa shape index (κ1) is 17.8. The number of amides is 1. The molecular formula is C11H8Br2F3NO4. The molecule has 0 saturated heterocycles. The molecule has 0 bridgehead atoms. The van der Waals surface area contributed by atoms with Gasteiger partial charge in [-0.3, -0.25) is 4.79 Å². The summed E-state index contributed by atoms with van der Waals surface area (Å²) in [6.07, 6.45) is -5.54. The third kappa shape index (κ3) is 4.88. The van der Waals surface area contributed by atoms with Gasteiger partial charge in [-0.2, -0.15) is 13.2 Å². The molecule has 0 spiro atoms. The van der Waals surface area contributed by atoms with Crippen molar-refractivity contribution in [2.45, 2.75) is 18.6 Å². The highest BCUT2D eigenvalue weighted by molar-refractivity contribution is 9.11. The average Bonchev–Trinajstić information content (AvgIpc) is 2.33. The standard InChI is InChI=1S/C11H8Br2F3NO4/c12-5-1-4(2-6(13)8(5)18)3-7(9(19)20)17-10(21)11(14,15)16/h1-2,7,18H,3H2,(H,17,21)(H,19,20)/t7-/m0/s1. The third-order valence-electron chi connectivity index (χ3n) is 2.38. The van der Waals surface area contributed by atoms with Crippen molar-refractivity contribution >= 4 is 43.7 Å². The number of hydrogen-bond donors (Lipinski definition) is 3. The van der Waals surface area contributed by atoms with Crippen LogP contribution in [-0.2, 0) is 16.0 Å². The van der Waals surface area contributed by atoms with Crippen LogP contribution in [0.2, 0.25) is 0 Å². The van der Waals surface area contributed by atoms with E-state index in [-0.39, 0.29) is 21.1 Å². The molecular weight excluding hydrogens is 427 g/mol. The lowest BCUT2D eigenvalue weighted by molar-refractivity contribution is -0.175. The molecule has 0 heterocycles. The van der Waals surface area contributed by atoms with E-state index in [2.05, 4.69) is 31.9 Å². The normalized spacial score (nSPS) is 12.8. The van der Waals surface area contributed by atoms with Gasteiger partial charge in [0.2, 0.25) is 0 Å². The second kappa shape index (κ2) is 6.65. The molecule has 1 amide bonds. The quantitative estimate of drug-likeness (QED) is 0.679. The number of aliphatic carboxylic acids is 1. The van der Waals surface area contributed by atoms with Crippen LogP contribution < -0.4 is 5.32 Å². The topological polar surface area (TPSA) is 86.6 Å². The van der Waals surface area contributed by atoms with Gasteiger partial charge in [0, 0.05) is 6.42 Å². The Labute approximate surface area is 133 Å². The lowest BCUT2D eigenvalue weighted by atomic mass is 10.1. The molecule has 0 aliphatic rings. The number of hydrogen-bond acceptors (Lipinski definition) is 3. The fourth-order valence-electron chi connectivity index (χ4n) is 1.41. The fraction of sp³-hybridized carbons (Fsp3) is 0.273. The first-order valence-corrected chi connectivity index (χ1v) is 6.88. The smallest absolute Gasteiger partial charge is 0.471 e. The Morgan fingerprint density at radius 3 is 2.10 bits per heavy atom. The average molecular weight is 435 g/mol. The molecule has 0 aliphatic carbocycles. The monoisotopic (exact) mass is 433 g/mol. The van der Waals surface area contributed by atoms with E-state index in [4.69, 9.17) is 5.11 Å². The van der Waals surface area contributed by atoms with E-state index in [0.717, 1.165) is 0 Å². The molecule has 0 aliphatic heterocycles. The Morgan fingerprint density at radius 1 is 1.24 bits per heavy atom. The van der Waals surface area contributed by atoms with Gasteiger partial charge >= 0.3 is 18.1 Å².